The molecular weight excluding hydrogens is 474 g/mol. The van der Waals surface area contributed by atoms with E-state index in [0.29, 0.717) is 23.9 Å². The van der Waals surface area contributed by atoms with Crippen LogP contribution in [0.3, 0.4) is 0 Å². The highest BCUT2D eigenvalue weighted by Crippen LogP contribution is 2.24. The summed E-state index contributed by atoms with van der Waals surface area (Å²) in [5, 5.41) is 8.44. The summed E-state index contributed by atoms with van der Waals surface area (Å²) in [4.78, 5) is 36.1. The van der Waals surface area contributed by atoms with Crippen molar-refractivity contribution in [2.75, 3.05) is 19.0 Å². The molecule has 2 amide bonds. The first-order valence-corrected chi connectivity index (χ1v) is 12.3. The van der Waals surface area contributed by atoms with Gasteiger partial charge in [0.25, 0.3) is 5.91 Å². The van der Waals surface area contributed by atoms with Crippen molar-refractivity contribution in [3.8, 4) is 5.75 Å². The van der Waals surface area contributed by atoms with E-state index in [0.717, 1.165) is 22.6 Å². The molecule has 0 unspecified atom stereocenters. The van der Waals surface area contributed by atoms with Crippen molar-refractivity contribution >= 4 is 34.0 Å². The smallest absolute Gasteiger partial charge is 0.273 e. The summed E-state index contributed by atoms with van der Waals surface area (Å²) in [6.45, 7) is 1.05. The molecule has 2 N–H and O–H groups in total. The van der Waals surface area contributed by atoms with Crippen molar-refractivity contribution in [1.29, 1.82) is 0 Å². The standard InChI is InChI=1S/C27H27N5O3S/c1-35-23-11-9-22(10-12-23)30-27-31-24(19-36-27)26(34)32(18-20-6-3-2-4-7-20)15-13-25(33)29-17-21-8-5-14-28-16-21/h2-12,14,16,19H,13,15,17-18H2,1H3,(H,29,33)(H,30,31). The first kappa shape index (κ1) is 24.9. The van der Waals surface area contributed by atoms with Crippen LogP contribution in [0.25, 0.3) is 0 Å². The molecule has 8 nitrogen and oxygen atoms in total. The Bertz CT molecular complexity index is 1260. The van der Waals surface area contributed by atoms with Crippen LogP contribution in [0.2, 0.25) is 0 Å². The molecule has 2 heterocycles. The second kappa shape index (κ2) is 12.5. The van der Waals surface area contributed by atoms with Crippen LogP contribution >= 0.6 is 11.3 Å². The molecule has 0 saturated heterocycles. The van der Waals surface area contributed by atoms with Crippen LogP contribution in [0.4, 0.5) is 10.8 Å². The van der Waals surface area contributed by atoms with Crippen LogP contribution in [0.5, 0.6) is 5.75 Å². The van der Waals surface area contributed by atoms with Crippen LogP contribution in [-0.2, 0) is 17.9 Å². The molecule has 0 bridgehead atoms. The summed E-state index contributed by atoms with van der Waals surface area (Å²) in [6, 6.07) is 20.9. The second-order valence-electron chi connectivity index (χ2n) is 7.99. The molecule has 36 heavy (non-hydrogen) atoms. The molecule has 0 aliphatic rings. The molecule has 0 aliphatic carbocycles. The Kier molecular flexibility index (Phi) is 8.61. The lowest BCUT2D eigenvalue weighted by Crippen LogP contribution is -2.35. The molecule has 184 valence electrons. The first-order chi connectivity index (χ1) is 17.6. The SMILES string of the molecule is COc1ccc(Nc2nc(C(=O)N(CCC(=O)NCc3cccnc3)Cc3ccccc3)cs2)cc1. The molecule has 2 aromatic carbocycles. The van der Waals surface area contributed by atoms with Gasteiger partial charge in [-0.25, -0.2) is 4.98 Å². The maximum atomic E-state index is 13.4. The van der Waals surface area contributed by atoms with E-state index in [-0.39, 0.29) is 24.8 Å². The van der Waals surface area contributed by atoms with E-state index in [9.17, 15) is 9.59 Å². The highest BCUT2D eigenvalue weighted by molar-refractivity contribution is 7.14. The maximum Gasteiger partial charge on any atom is 0.273 e. The van der Waals surface area contributed by atoms with E-state index in [1.165, 1.54) is 11.3 Å². The van der Waals surface area contributed by atoms with Crippen LogP contribution in [0.1, 0.15) is 28.0 Å². The third-order valence-electron chi connectivity index (χ3n) is 5.39. The number of aromatic nitrogens is 2. The van der Waals surface area contributed by atoms with Crippen molar-refractivity contribution in [3.63, 3.8) is 0 Å². The maximum absolute atomic E-state index is 13.4. The van der Waals surface area contributed by atoms with E-state index >= 15 is 0 Å². The molecule has 4 aromatic rings. The largest absolute Gasteiger partial charge is 0.497 e. The van der Waals surface area contributed by atoms with Gasteiger partial charge in [-0.05, 0) is 41.5 Å². The van der Waals surface area contributed by atoms with Gasteiger partial charge in [0.05, 0.1) is 7.11 Å². The minimum atomic E-state index is -0.224. The number of carbonyl (C=O) groups is 2. The predicted octanol–water partition coefficient (Wildman–Crippen LogP) is 4.64. The Morgan fingerprint density at radius 2 is 1.78 bits per heavy atom. The summed E-state index contributed by atoms with van der Waals surface area (Å²) < 4.78 is 5.19. The zero-order chi connectivity index (χ0) is 25.2. The van der Waals surface area contributed by atoms with E-state index in [4.69, 9.17) is 4.74 Å². The Morgan fingerprint density at radius 1 is 1.00 bits per heavy atom. The van der Waals surface area contributed by atoms with Gasteiger partial charge in [-0.15, -0.1) is 11.3 Å². The van der Waals surface area contributed by atoms with Crippen LogP contribution in [0.15, 0.2) is 84.5 Å². The number of nitrogens with zero attached hydrogens (tertiary/aromatic N) is 3. The minimum Gasteiger partial charge on any atom is -0.497 e. The molecule has 0 radical (unpaired) electrons. The number of hydrogen-bond acceptors (Lipinski definition) is 7. The number of carbonyl (C=O) groups excluding carboxylic acids is 2. The summed E-state index contributed by atoms with van der Waals surface area (Å²) in [5.74, 6) is 0.402. The zero-order valence-electron chi connectivity index (χ0n) is 19.9. The van der Waals surface area contributed by atoms with Crippen molar-refractivity contribution in [2.45, 2.75) is 19.5 Å². The molecule has 9 heteroatoms. The van der Waals surface area contributed by atoms with E-state index in [2.05, 4.69) is 20.6 Å². The fraction of sp³-hybridized carbons (Fsp3) is 0.185. The lowest BCUT2D eigenvalue weighted by Gasteiger charge is -2.22. The normalized spacial score (nSPS) is 10.5. The van der Waals surface area contributed by atoms with Gasteiger partial charge < -0.3 is 20.3 Å². The number of thiazole rings is 1. The van der Waals surface area contributed by atoms with Gasteiger partial charge in [0.2, 0.25) is 5.91 Å². The summed E-state index contributed by atoms with van der Waals surface area (Å²) in [6.07, 6.45) is 3.58. The van der Waals surface area contributed by atoms with Gasteiger partial charge in [0.1, 0.15) is 11.4 Å². The zero-order valence-corrected chi connectivity index (χ0v) is 20.7. The fourth-order valence-electron chi connectivity index (χ4n) is 3.47. The highest BCUT2D eigenvalue weighted by atomic mass is 32.1. The lowest BCUT2D eigenvalue weighted by molar-refractivity contribution is -0.121. The number of methoxy groups -OCH3 is 1. The monoisotopic (exact) mass is 501 g/mol. The number of ether oxygens (including phenoxy) is 1. The highest BCUT2D eigenvalue weighted by Gasteiger charge is 2.20. The number of anilines is 2. The number of nitrogens with one attached hydrogen (secondary N) is 2. The molecule has 0 atom stereocenters. The molecule has 4 rings (SSSR count). The van der Waals surface area contributed by atoms with Gasteiger partial charge >= 0.3 is 0 Å². The second-order valence-corrected chi connectivity index (χ2v) is 8.85. The Morgan fingerprint density at radius 3 is 2.50 bits per heavy atom. The van der Waals surface area contributed by atoms with Gasteiger partial charge in [-0.3, -0.25) is 14.6 Å². The number of rotatable bonds is 11. The predicted molar refractivity (Wildman–Crippen MR) is 140 cm³/mol. The molecule has 2 aromatic heterocycles. The van der Waals surface area contributed by atoms with Crippen molar-refractivity contribution in [3.05, 3.63) is 101 Å². The van der Waals surface area contributed by atoms with Crippen LogP contribution in [-0.4, -0.2) is 40.3 Å². The molecule has 0 spiro atoms. The fourth-order valence-corrected chi connectivity index (χ4v) is 4.18. The third kappa shape index (κ3) is 7.13. The Labute approximate surface area is 214 Å². The number of pyridine rings is 1. The molecule has 0 saturated carbocycles. The molecule has 0 aliphatic heterocycles. The Hall–Kier alpha value is -4.24. The summed E-state index contributed by atoms with van der Waals surface area (Å²) in [5.41, 5.74) is 3.08. The number of amides is 2. The van der Waals surface area contributed by atoms with Crippen molar-refractivity contribution < 1.29 is 14.3 Å². The average molecular weight is 502 g/mol. The average Bonchev–Trinajstić information content (AvgIpc) is 3.39. The Balaban J connectivity index is 1.40. The van der Waals surface area contributed by atoms with Crippen molar-refractivity contribution in [1.82, 2.24) is 20.2 Å². The van der Waals surface area contributed by atoms with Gasteiger partial charge in [-0.1, -0.05) is 36.4 Å². The van der Waals surface area contributed by atoms with E-state index in [1.807, 2.05) is 66.7 Å². The topological polar surface area (TPSA) is 96.5 Å². The quantitative estimate of drug-likeness (QED) is 0.311. The first-order valence-electron chi connectivity index (χ1n) is 11.5. The number of hydrogen-bond donors (Lipinski definition) is 2. The van der Waals surface area contributed by atoms with Gasteiger partial charge in [0.15, 0.2) is 5.13 Å². The number of benzene rings is 2. The summed E-state index contributed by atoms with van der Waals surface area (Å²) in [7, 11) is 1.62. The van der Waals surface area contributed by atoms with Gasteiger partial charge in [0, 0.05) is 49.5 Å². The lowest BCUT2D eigenvalue weighted by atomic mass is 10.2. The van der Waals surface area contributed by atoms with Crippen LogP contribution in [0, 0.1) is 0 Å². The van der Waals surface area contributed by atoms with E-state index in [1.54, 1.807) is 29.8 Å². The molecular formula is C27H27N5O3S. The van der Waals surface area contributed by atoms with Gasteiger partial charge in [-0.2, -0.15) is 0 Å². The molecule has 0 fully saturated rings. The van der Waals surface area contributed by atoms with E-state index < -0.39 is 0 Å². The minimum absolute atomic E-state index is 0.134. The van der Waals surface area contributed by atoms with Crippen LogP contribution < -0.4 is 15.4 Å². The third-order valence-corrected chi connectivity index (χ3v) is 6.15. The van der Waals surface area contributed by atoms with Crippen molar-refractivity contribution in [2.24, 2.45) is 0 Å². The summed E-state index contributed by atoms with van der Waals surface area (Å²) >= 11 is 1.35.